The normalized spacial score (nSPS) is 17.9. The molecule has 0 aliphatic carbocycles. The van der Waals surface area contributed by atoms with Gasteiger partial charge in [0.05, 0.1) is 0 Å². The Balaban J connectivity index is 0.00000338. The maximum Gasteiger partial charge on any atom is 0.191 e. The summed E-state index contributed by atoms with van der Waals surface area (Å²) in [4.78, 5) is 4.35. The van der Waals surface area contributed by atoms with E-state index in [-0.39, 0.29) is 29.5 Å². The SMILES string of the molecule is CCCCNC(=NC)NCC1(NC(C)c2ccccc2)CCOCC1.I. The molecular weight excluding hydrogens is 439 g/mol. The molecule has 1 aromatic carbocycles. The summed E-state index contributed by atoms with van der Waals surface area (Å²) < 4.78 is 5.61. The van der Waals surface area contributed by atoms with Crippen LogP contribution in [0.25, 0.3) is 0 Å². The van der Waals surface area contributed by atoms with Gasteiger partial charge in [-0.05, 0) is 31.7 Å². The number of guanidine groups is 1. The monoisotopic (exact) mass is 474 g/mol. The smallest absolute Gasteiger partial charge is 0.191 e. The number of ether oxygens (including phenoxy) is 1. The molecule has 26 heavy (non-hydrogen) atoms. The molecule has 148 valence electrons. The van der Waals surface area contributed by atoms with Crippen LogP contribution in [0.2, 0.25) is 0 Å². The molecule has 0 saturated carbocycles. The summed E-state index contributed by atoms with van der Waals surface area (Å²) in [6.45, 7) is 7.85. The molecule has 1 atom stereocenters. The highest BCUT2D eigenvalue weighted by Gasteiger charge is 2.34. The Labute approximate surface area is 175 Å². The van der Waals surface area contributed by atoms with Crippen LogP contribution < -0.4 is 16.0 Å². The lowest BCUT2D eigenvalue weighted by Gasteiger charge is -2.41. The van der Waals surface area contributed by atoms with Crippen molar-refractivity contribution in [3.05, 3.63) is 35.9 Å². The zero-order valence-electron chi connectivity index (χ0n) is 16.4. The maximum atomic E-state index is 5.61. The predicted octanol–water partition coefficient (Wildman–Crippen LogP) is 3.47. The molecular formula is C20H35IN4O. The summed E-state index contributed by atoms with van der Waals surface area (Å²) in [5, 5.41) is 10.8. The molecule has 2 rings (SSSR count). The van der Waals surface area contributed by atoms with Crippen molar-refractivity contribution in [1.29, 1.82) is 0 Å². The van der Waals surface area contributed by atoms with Gasteiger partial charge in [-0.25, -0.2) is 0 Å². The molecule has 1 unspecified atom stereocenters. The Kier molecular flexibility index (Phi) is 11.2. The lowest BCUT2D eigenvalue weighted by Crippen LogP contribution is -2.58. The number of nitrogens with zero attached hydrogens (tertiary/aromatic N) is 1. The van der Waals surface area contributed by atoms with E-state index >= 15 is 0 Å². The maximum absolute atomic E-state index is 5.61. The molecule has 1 aliphatic rings. The van der Waals surface area contributed by atoms with Gasteiger partial charge in [-0.15, -0.1) is 24.0 Å². The number of aliphatic imine (C=N–C) groups is 1. The van der Waals surface area contributed by atoms with Crippen molar-refractivity contribution in [3.8, 4) is 0 Å². The van der Waals surface area contributed by atoms with Crippen molar-refractivity contribution in [1.82, 2.24) is 16.0 Å². The van der Waals surface area contributed by atoms with Crippen molar-refractivity contribution in [2.24, 2.45) is 4.99 Å². The minimum Gasteiger partial charge on any atom is -0.381 e. The second kappa shape index (κ2) is 12.5. The van der Waals surface area contributed by atoms with E-state index in [0.29, 0.717) is 6.04 Å². The highest BCUT2D eigenvalue weighted by Crippen LogP contribution is 2.25. The Morgan fingerprint density at radius 3 is 2.50 bits per heavy atom. The van der Waals surface area contributed by atoms with E-state index in [9.17, 15) is 0 Å². The fourth-order valence-corrected chi connectivity index (χ4v) is 3.28. The fourth-order valence-electron chi connectivity index (χ4n) is 3.28. The van der Waals surface area contributed by atoms with Crippen LogP contribution in [-0.2, 0) is 4.74 Å². The largest absolute Gasteiger partial charge is 0.381 e. The number of nitrogens with one attached hydrogen (secondary N) is 3. The molecule has 0 amide bonds. The van der Waals surface area contributed by atoms with Gasteiger partial charge in [0.15, 0.2) is 5.96 Å². The van der Waals surface area contributed by atoms with Gasteiger partial charge in [-0.1, -0.05) is 43.7 Å². The van der Waals surface area contributed by atoms with Gasteiger partial charge < -0.3 is 20.7 Å². The lowest BCUT2D eigenvalue weighted by molar-refractivity contribution is 0.0355. The number of benzene rings is 1. The summed E-state index contributed by atoms with van der Waals surface area (Å²) in [5.41, 5.74) is 1.34. The topological polar surface area (TPSA) is 57.7 Å². The highest BCUT2D eigenvalue weighted by molar-refractivity contribution is 14.0. The first kappa shape index (κ1) is 23.2. The second-order valence-electron chi connectivity index (χ2n) is 6.88. The zero-order valence-corrected chi connectivity index (χ0v) is 18.7. The van der Waals surface area contributed by atoms with Crippen LogP contribution >= 0.6 is 24.0 Å². The molecule has 1 heterocycles. The van der Waals surface area contributed by atoms with E-state index in [1.54, 1.807) is 0 Å². The summed E-state index contributed by atoms with van der Waals surface area (Å²) in [6.07, 6.45) is 4.34. The van der Waals surface area contributed by atoms with Crippen LogP contribution in [0.15, 0.2) is 35.3 Å². The Morgan fingerprint density at radius 2 is 1.88 bits per heavy atom. The van der Waals surface area contributed by atoms with Crippen LogP contribution in [0, 0.1) is 0 Å². The van der Waals surface area contributed by atoms with Gasteiger partial charge in [-0.2, -0.15) is 0 Å². The third-order valence-corrected chi connectivity index (χ3v) is 4.91. The van der Waals surface area contributed by atoms with Crippen LogP contribution in [0.1, 0.15) is 51.1 Å². The molecule has 1 saturated heterocycles. The number of hydrogen-bond donors (Lipinski definition) is 3. The predicted molar refractivity (Wildman–Crippen MR) is 120 cm³/mol. The van der Waals surface area contributed by atoms with E-state index < -0.39 is 0 Å². The van der Waals surface area contributed by atoms with E-state index in [2.05, 4.69) is 65.1 Å². The van der Waals surface area contributed by atoms with E-state index in [4.69, 9.17) is 4.74 Å². The minimum absolute atomic E-state index is 0. The average Bonchev–Trinajstić information content (AvgIpc) is 2.66. The quantitative estimate of drug-likeness (QED) is 0.234. The Hall–Kier alpha value is -0.860. The van der Waals surface area contributed by atoms with Crippen molar-refractivity contribution in [2.45, 2.75) is 51.1 Å². The number of rotatable bonds is 8. The van der Waals surface area contributed by atoms with E-state index in [0.717, 1.165) is 51.5 Å². The molecule has 6 heteroatoms. The van der Waals surface area contributed by atoms with Crippen LogP contribution in [-0.4, -0.2) is 44.8 Å². The first-order valence-corrected chi connectivity index (χ1v) is 9.54. The van der Waals surface area contributed by atoms with Gasteiger partial charge in [0, 0.05) is 44.9 Å². The van der Waals surface area contributed by atoms with E-state index in [1.807, 2.05) is 7.05 Å². The second-order valence-corrected chi connectivity index (χ2v) is 6.88. The Bertz CT molecular complexity index is 518. The van der Waals surface area contributed by atoms with Crippen molar-refractivity contribution < 1.29 is 4.74 Å². The minimum atomic E-state index is 0. The van der Waals surface area contributed by atoms with Crippen LogP contribution in [0.3, 0.4) is 0 Å². The summed E-state index contributed by atoms with van der Waals surface area (Å²) in [6, 6.07) is 10.9. The molecule has 1 fully saturated rings. The third-order valence-electron chi connectivity index (χ3n) is 4.91. The Morgan fingerprint density at radius 1 is 1.19 bits per heavy atom. The molecule has 5 nitrogen and oxygen atoms in total. The molecule has 3 N–H and O–H groups in total. The van der Waals surface area contributed by atoms with Gasteiger partial charge in [0.25, 0.3) is 0 Å². The van der Waals surface area contributed by atoms with Crippen LogP contribution in [0.4, 0.5) is 0 Å². The summed E-state index contributed by atoms with van der Waals surface area (Å²) in [5.74, 6) is 0.883. The number of halogens is 1. The fraction of sp³-hybridized carbons (Fsp3) is 0.650. The highest BCUT2D eigenvalue weighted by atomic mass is 127. The third kappa shape index (κ3) is 7.40. The molecule has 1 aromatic rings. The van der Waals surface area contributed by atoms with Gasteiger partial charge in [0.2, 0.25) is 0 Å². The number of hydrogen-bond acceptors (Lipinski definition) is 3. The first-order valence-electron chi connectivity index (χ1n) is 9.54. The van der Waals surface area contributed by atoms with Crippen LogP contribution in [0.5, 0.6) is 0 Å². The zero-order chi connectivity index (χ0) is 18.0. The first-order chi connectivity index (χ1) is 12.2. The average molecular weight is 474 g/mol. The van der Waals surface area contributed by atoms with Gasteiger partial charge >= 0.3 is 0 Å². The lowest BCUT2D eigenvalue weighted by atomic mass is 9.88. The molecule has 0 spiro atoms. The van der Waals surface area contributed by atoms with Crippen molar-refractivity contribution >= 4 is 29.9 Å². The van der Waals surface area contributed by atoms with Crippen molar-refractivity contribution in [3.63, 3.8) is 0 Å². The van der Waals surface area contributed by atoms with Gasteiger partial charge in [-0.3, -0.25) is 4.99 Å². The molecule has 0 aromatic heterocycles. The summed E-state index contributed by atoms with van der Waals surface area (Å²) >= 11 is 0. The molecule has 0 radical (unpaired) electrons. The number of unbranched alkanes of at least 4 members (excludes halogenated alkanes) is 1. The molecule has 0 bridgehead atoms. The van der Waals surface area contributed by atoms with Crippen molar-refractivity contribution in [2.75, 3.05) is 33.4 Å². The van der Waals surface area contributed by atoms with E-state index in [1.165, 1.54) is 12.0 Å². The molecule has 1 aliphatic heterocycles. The van der Waals surface area contributed by atoms with Gasteiger partial charge in [0.1, 0.15) is 0 Å². The summed E-state index contributed by atoms with van der Waals surface area (Å²) in [7, 11) is 1.83. The standard InChI is InChI=1S/C20H34N4O.HI/c1-4-5-13-22-19(21-3)23-16-20(11-14-25-15-12-20)24-17(2)18-9-7-6-8-10-18;/h6-10,17,24H,4-5,11-16H2,1-3H3,(H2,21,22,23);1H.